The summed E-state index contributed by atoms with van der Waals surface area (Å²) in [7, 11) is 1.59. The minimum atomic E-state index is -0.464. The molecular weight excluding hydrogens is 342 g/mol. The summed E-state index contributed by atoms with van der Waals surface area (Å²) in [6, 6.07) is 11.4. The fourth-order valence-corrected chi connectivity index (χ4v) is 2.67. The fraction of sp³-hybridized carbons (Fsp3) is 0.273. The van der Waals surface area contributed by atoms with Gasteiger partial charge in [0.05, 0.1) is 13.7 Å². The largest absolute Gasteiger partial charge is 0.493 e. The second-order valence-corrected chi connectivity index (χ2v) is 6.39. The minimum Gasteiger partial charge on any atom is -0.493 e. The van der Waals surface area contributed by atoms with Gasteiger partial charge in [-0.15, -0.1) is 0 Å². The maximum atomic E-state index is 12.2. The first-order chi connectivity index (χ1) is 13.0. The highest BCUT2D eigenvalue weighted by Crippen LogP contribution is 2.30. The van der Waals surface area contributed by atoms with Crippen molar-refractivity contribution >= 4 is 17.9 Å². The van der Waals surface area contributed by atoms with Crippen LogP contribution in [-0.4, -0.2) is 25.6 Å². The molecule has 1 aliphatic heterocycles. The molecule has 0 aliphatic carbocycles. The van der Waals surface area contributed by atoms with Gasteiger partial charge in [0.25, 0.3) is 0 Å². The van der Waals surface area contributed by atoms with E-state index in [9.17, 15) is 4.79 Å². The summed E-state index contributed by atoms with van der Waals surface area (Å²) in [5, 5.41) is 0. The summed E-state index contributed by atoms with van der Waals surface area (Å²) in [5.74, 6) is 1.15. The zero-order valence-corrected chi connectivity index (χ0v) is 16.0. The molecule has 0 saturated carbocycles. The van der Waals surface area contributed by atoms with Gasteiger partial charge in [0.15, 0.2) is 17.2 Å². The van der Waals surface area contributed by atoms with Crippen molar-refractivity contribution in [3.05, 3.63) is 64.3 Å². The molecule has 140 valence electrons. The van der Waals surface area contributed by atoms with Crippen LogP contribution in [0.5, 0.6) is 11.5 Å². The van der Waals surface area contributed by atoms with E-state index in [1.54, 1.807) is 13.2 Å². The lowest BCUT2D eigenvalue weighted by Crippen LogP contribution is -2.05. The second-order valence-electron chi connectivity index (χ2n) is 6.39. The van der Waals surface area contributed by atoms with E-state index in [-0.39, 0.29) is 5.70 Å². The summed E-state index contributed by atoms with van der Waals surface area (Å²) in [5.41, 5.74) is 4.13. The van der Waals surface area contributed by atoms with E-state index in [0.717, 1.165) is 23.1 Å². The maximum absolute atomic E-state index is 12.2. The van der Waals surface area contributed by atoms with Crippen molar-refractivity contribution in [3.63, 3.8) is 0 Å². The van der Waals surface area contributed by atoms with E-state index in [2.05, 4.69) is 4.99 Å². The van der Waals surface area contributed by atoms with Crippen molar-refractivity contribution in [1.82, 2.24) is 0 Å². The summed E-state index contributed by atoms with van der Waals surface area (Å²) in [4.78, 5) is 16.6. The smallest absolute Gasteiger partial charge is 0.363 e. The standard InChI is InChI=1S/C22H23NO4/c1-5-10-26-19-9-7-16(13-20(19)25-4)12-18-22(24)27-21(23-18)17-8-6-14(2)15(3)11-17/h6-9,11-13H,5,10H2,1-4H3/b18-12-. The van der Waals surface area contributed by atoms with Crippen molar-refractivity contribution in [2.45, 2.75) is 27.2 Å². The van der Waals surface area contributed by atoms with Crippen molar-refractivity contribution in [1.29, 1.82) is 0 Å². The quantitative estimate of drug-likeness (QED) is 0.561. The Morgan fingerprint density at radius 3 is 2.59 bits per heavy atom. The first-order valence-electron chi connectivity index (χ1n) is 8.93. The summed E-state index contributed by atoms with van der Waals surface area (Å²) >= 11 is 0. The molecule has 5 nitrogen and oxygen atoms in total. The molecule has 1 aliphatic rings. The van der Waals surface area contributed by atoms with Crippen LogP contribution >= 0.6 is 0 Å². The Kier molecular flexibility index (Phi) is 5.60. The molecule has 3 rings (SSSR count). The van der Waals surface area contributed by atoms with Gasteiger partial charge in [0, 0.05) is 5.56 Å². The Balaban J connectivity index is 1.88. The average molecular weight is 365 g/mol. The molecule has 0 N–H and O–H groups in total. The zero-order valence-electron chi connectivity index (χ0n) is 16.0. The minimum absolute atomic E-state index is 0.257. The van der Waals surface area contributed by atoms with Crippen LogP contribution in [0.4, 0.5) is 0 Å². The van der Waals surface area contributed by atoms with Gasteiger partial charge in [-0.05, 0) is 67.3 Å². The first-order valence-corrected chi connectivity index (χ1v) is 8.93. The Morgan fingerprint density at radius 2 is 1.89 bits per heavy atom. The van der Waals surface area contributed by atoms with Crippen LogP contribution in [0.3, 0.4) is 0 Å². The van der Waals surface area contributed by atoms with E-state index in [1.165, 1.54) is 5.56 Å². The summed E-state index contributed by atoms with van der Waals surface area (Å²) in [6.45, 7) is 6.71. The molecule has 0 saturated heterocycles. The summed E-state index contributed by atoms with van der Waals surface area (Å²) in [6.07, 6.45) is 2.60. The molecule has 0 amide bonds. The van der Waals surface area contributed by atoms with Gasteiger partial charge in [-0.1, -0.05) is 19.1 Å². The lowest BCUT2D eigenvalue weighted by Gasteiger charge is -2.10. The van der Waals surface area contributed by atoms with Gasteiger partial charge in [-0.3, -0.25) is 0 Å². The van der Waals surface area contributed by atoms with E-state index in [4.69, 9.17) is 14.2 Å². The predicted molar refractivity (Wildman–Crippen MR) is 105 cm³/mol. The van der Waals surface area contributed by atoms with E-state index < -0.39 is 5.97 Å². The maximum Gasteiger partial charge on any atom is 0.363 e. The molecule has 0 spiro atoms. The average Bonchev–Trinajstić information content (AvgIpc) is 3.03. The van der Waals surface area contributed by atoms with Crippen LogP contribution in [0.25, 0.3) is 6.08 Å². The number of methoxy groups -OCH3 is 1. The number of aliphatic imine (C=N–C) groups is 1. The number of aryl methyl sites for hydroxylation is 2. The number of carbonyl (C=O) groups excluding carboxylic acids is 1. The van der Waals surface area contributed by atoms with Gasteiger partial charge in [-0.2, -0.15) is 0 Å². The number of ether oxygens (including phenoxy) is 3. The second kappa shape index (κ2) is 8.08. The molecule has 2 aromatic rings. The third-order valence-corrected chi connectivity index (χ3v) is 4.33. The third kappa shape index (κ3) is 4.19. The van der Waals surface area contributed by atoms with Crippen molar-refractivity contribution < 1.29 is 19.0 Å². The van der Waals surface area contributed by atoms with Gasteiger partial charge < -0.3 is 14.2 Å². The number of benzene rings is 2. The molecule has 0 radical (unpaired) electrons. The van der Waals surface area contributed by atoms with Crippen LogP contribution in [0.15, 0.2) is 47.1 Å². The number of carbonyl (C=O) groups is 1. The van der Waals surface area contributed by atoms with Crippen LogP contribution in [-0.2, 0) is 9.53 Å². The number of nitrogens with zero attached hydrogens (tertiary/aromatic N) is 1. The van der Waals surface area contributed by atoms with E-state index in [0.29, 0.717) is 24.0 Å². The summed E-state index contributed by atoms with van der Waals surface area (Å²) < 4.78 is 16.4. The molecular formula is C22H23NO4. The molecule has 27 heavy (non-hydrogen) atoms. The van der Waals surface area contributed by atoms with Crippen LogP contribution in [0.2, 0.25) is 0 Å². The highest BCUT2D eigenvalue weighted by molar-refractivity contribution is 6.12. The normalized spacial score (nSPS) is 14.9. The molecule has 0 atom stereocenters. The molecule has 2 aromatic carbocycles. The van der Waals surface area contributed by atoms with Crippen molar-refractivity contribution in [3.8, 4) is 11.5 Å². The molecule has 0 fully saturated rings. The van der Waals surface area contributed by atoms with Gasteiger partial charge in [0.1, 0.15) is 0 Å². The van der Waals surface area contributed by atoms with Crippen LogP contribution < -0.4 is 9.47 Å². The molecule has 0 unspecified atom stereocenters. The highest BCUT2D eigenvalue weighted by atomic mass is 16.6. The third-order valence-electron chi connectivity index (χ3n) is 4.33. The molecule has 5 heteroatoms. The van der Waals surface area contributed by atoms with Crippen molar-refractivity contribution in [2.24, 2.45) is 4.99 Å². The van der Waals surface area contributed by atoms with Crippen LogP contribution in [0.1, 0.15) is 35.6 Å². The monoisotopic (exact) mass is 365 g/mol. The van der Waals surface area contributed by atoms with E-state index in [1.807, 2.05) is 57.2 Å². The van der Waals surface area contributed by atoms with Gasteiger partial charge in [0.2, 0.25) is 5.90 Å². The number of hydrogen-bond acceptors (Lipinski definition) is 5. The lowest BCUT2D eigenvalue weighted by molar-refractivity contribution is -0.129. The molecule has 1 heterocycles. The van der Waals surface area contributed by atoms with E-state index >= 15 is 0 Å². The number of hydrogen-bond donors (Lipinski definition) is 0. The number of cyclic esters (lactones) is 1. The zero-order chi connectivity index (χ0) is 19.4. The lowest BCUT2D eigenvalue weighted by atomic mass is 10.1. The fourth-order valence-electron chi connectivity index (χ4n) is 2.67. The Bertz CT molecular complexity index is 928. The van der Waals surface area contributed by atoms with Crippen molar-refractivity contribution in [2.75, 3.05) is 13.7 Å². The molecule has 0 aromatic heterocycles. The van der Waals surface area contributed by atoms with Crippen LogP contribution in [0, 0.1) is 13.8 Å². The topological polar surface area (TPSA) is 57.1 Å². The number of rotatable bonds is 6. The Hall–Kier alpha value is -3.08. The predicted octanol–water partition coefficient (Wildman–Crippen LogP) is 4.45. The first kappa shape index (κ1) is 18.7. The number of esters is 1. The van der Waals surface area contributed by atoms with Gasteiger partial charge in [-0.25, -0.2) is 9.79 Å². The molecule has 0 bridgehead atoms. The highest BCUT2D eigenvalue weighted by Gasteiger charge is 2.24. The Morgan fingerprint density at radius 1 is 1.07 bits per heavy atom. The SMILES string of the molecule is CCCOc1ccc(/C=C2\N=C(c3ccc(C)c(C)c3)OC2=O)cc1OC. The van der Waals surface area contributed by atoms with Gasteiger partial charge >= 0.3 is 5.97 Å². The Labute approximate surface area is 159 Å².